The lowest BCUT2D eigenvalue weighted by Gasteiger charge is -2.26. The summed E-state index contributed by atoms with van der Waals surface area (Å²) in [5, 5.41) is 5.67. The highest BCUT2D eigenvalue weighted by atomic mass is 32.2. The van der Waals surface area contributed by atoms with Gasteiger partial charge in [-0.15, -0.1) is 0 Å². The zero-order chi connectivity index (χ0) is 20.4. The van der Waals surface area contributed by atoms with Crippen LogP contribution in [0.1, 0.15) is 34.8 Å². The van der Waals surface area contributed by atoms with Crippen LogP contribution in [0.4, 0.5) is 0 Å². The fraction of sp³-hybridized carbons (Fsp3) is 0.333. The molecular formula is C21H23N3O4S. The maximum Gasteiger partial charge on any atom is 0.251 e. The molecule has 2 fully saturated rings. The molecule has 1 saturated heterocycles. The predicted molar refractivity (Wildman–Crippen MR) is 108 cm³/mol. The molecule has 1 atom stereocenters. The number of piperazine rings is 1. The Kier molecular flexibility index (Phi) is 5.38. The van der Waals surface area contributed by atoms with E-state index in [1.165, 1.54) is 12.1 Å². The van der Waals surface area contributed by atoms with Crippen LogP contribution < -0.4 is 10.6 Å². The monoisotopic (exact) mass is 413 g/mol. The first kappa shape index (κ1) is 19.6. The average Bonchev–Trinajstić information content (AvgIpc) is 3.58. The fourth-order valence-electron chi connectivity index (χ4n) is 3.56. The number of sulfonamides is 1. The number of benzene rings is 2. The number of hydrogen-bond acceptors (Lipinski definition) is 4. The van der Waals surface area contributed by atoms with E-state index in [2.05, 4.69) is 10.6 Å². The highest BCUT2D eigenvalue weighted by molar-refractivity contribution is 7.89. The average molecular weight is 413 g/mol. The van der Waals surface area contributed by atoms with Gasteiger partial charge in [-0.05, 0) is 42.5 Å². The van der Waals surface area contributed by atoms with E-state index in [0.29, 0.717) is 5.92 Å². The fourth-order valence-corrected chi connectivity index (χ4v) is 5.00. The Morgan fingerprint density at radius 2 is 1.86 bits per heavy atom. The molecule has 0 spiro atoms. The van der Waals surface area contributed by atoms with Crippen LogP contribution in [0.5, 0.6) is 0 Å². The molecule has 4 rings (SSSR count). The van der Waals surface area contributed by atoms with Crippen LogP contribution in [-0.4, -0.2) is 44.2 Å². The van der Waals surface area contributed by atoms with Gasteiger partial charge in [-0.25, -0.2) is 8.42 Å². The summed E-state index contributed by atoms with van der Waals surface area (Å²) in [4.78, 5) is 24.5. The standard InChI is InChI=1S/C21H23N3O4S/c25-19-14-24(12-11-22-19)29(27,28)18-8-4-7-17(13-18)21(26)23-20(16-9-10-16)15-5-2-1-3-6-15/h1-8,13,16,20H,9-12,14H2,(H,22,25)(H,23,26)/t20-/m1/s1. The van der Waals surface area contributed by atoms with Gasteiger partial charge in [-0.1, -0.05) is 36.4 Å². The first-order valence-corrected chi connectivity index (χ1v) is 11.1. The molecule has 2 aromatic carbocycles. The molecule has 1 saturated carbocycles. The van der Waals surface area contributed by atoms with Crippen molar-refractivity contribution in [3.05, 3.63) is 65.7 Å². The third kappa shape index (κ3) is 4.33. The molecule has 0 unspecified atom stereocenters. The van der Waals surface area contributed by atoms with Crippen LogP contribution in [-0.2, 0) is 14.8 Å². The van der Waals surface area contributed by atoms with Crippen LogP contribution in [0.3, 0.4) is 0 Å². The number of nitrogens with zero attached hydrogens (tertiary/aromatic N) is 1. The summed E-state index contributed by atoms with van der Waals surface area (Å²) in [6, 6.07) is 15.7. The van der Waals surface area contributed by atoms with Crippen molar-refractivity contribution in [2.75, 3.05) is 19.6 Å². The lowest BCUT2D eigenvalue weighted by Crippen LogP contribution is -2.49. The van der Waals surface area contributed by atoms with E-state index in [4.69, 9.17) is 0 Å². The molecule has 0 bridgehead atoms. The van der Waals surface area contributed by atoms with Crippen molar-refractivity contribution < 1.29 is 18.0 Å². The number of hydrogen-bond donors (Lipinski definition) is 2. The Morgan fingerprint density at radius 3 is 2.55 bits per heavy atom. The van der Waals surface area contributed by atoms with E-state index in [1.807, 2.05) is 30.3 Å². The van der Waals surface area contributed by atoms with Crippen molar-refractivity contribution in [2.24, 2.45) is 5.92 Å². The maximum absolute atomic E-state index is 12.9. The molecule has 2 N–H and O–H groups in total. The highest BCUT2D eigenvalue weighted by Crippen LogP contribution is 2.41. The van der Waals surface area contributed by atoms with E-state index < -0.39 is 10.0 Å². The lowest BCUT2D eigenvalue weighted by molar-refractivity contribution is -0.122. The van der Waals surface area contributed by atoms with Crippen molar-refractivity contribution in [1.29, 1.82) is 0 Å². The summed E-state index contributed by atoms with van der Waals surface area (Å²) >= 11 is 0. The van der Waals surface area contributed by atoms with E-state index in [-0.39, 0.29) is 47.9 Å². The third-order valence-electron chi connectivity index (χ3n) is 5.28. The summed E-state index contributed by atoms with van der Waals surface area (Å²) < 4.78 is 26.9. The van der Waals surface area contributed by atoms with Gasteiger partial charge in [0.2, 0.25) is 15.9 Å². The Balaban J connectivity index is 1.55. The second-order valence-electron chi connectivity index (χ2n) is 7.42. The Hall–Kier alpha value is -2.71. The summed E-state index contributed by atoms with van der Waals surface area (Å²) in [5.74, 6) is -0.233. The molecule has 2 aliphatic rings. The lowest BCUT2D eigenvalue weighted by atomic mass is 10.0. The Morgan fingerprint density at radius 1 is 1.10 bits per heavy atom. The van der Waals surface area contributed by atoms with Gasteiger partial charge in [-0.2, -0.15) is 4.31 Å². The molecule has 1 aliphatic heterocycles. The van der Waals surface area contributed by atoms with E-state index in [0.717, 1.165) is 22.7 Å². The molecule has 152 valence electrons. The van der Waals surface area contributed by atoms with Crippen molar-refractivity contribution >= 4 is 21.8 Å². The summed E-state index contributed by atoms with van der Waals surface area (Å²) in [5.41, 5.74) is 1.33. The van der Waals surface area contributed by atoms with Gasteiger partial charge in [0.1, 0.15) is 0 Å². The van der Waals surface area contributed by atoms with Crippen molar-refractivity contribution in [3.8, 4) is 0 Å². The number of amides is 2. The largest absolute Gasteiger partial charge is 0.354 e. The Labute approximate surface area is 170 Å². The van der Waals surface area contributed by atoms with Crippen LogP contribution in [0.2, 0.25) is 0 Å². The van der Waals surface area contributed by atoms with Crippen LogP contribution >= 0.6 is 0 Å². The normalized spacial score (nSPS) is 18.7. The number of carbonyl (C=O) groups excluding carboxylic acids is 2. The zero-order valence-electron chi connectivity index (χ0n) is 15.9. The molecule has 29 heavy (non-hydrogen) atoms. The van der Waals surface area contributed by atoms with Crippen molar-refractivity contribution in [2.45, 2.75) is 23.8 Å². The van der Waals surface area contributed by atoms with Gasteiger partial charge in [0.15, 0.2) is 0 Å². The minimum absolute atomic E-state index is 0.0162. The topological polar surface area (TPSA) is 95.6 Å². The quantitative estimate of drug-likeness (QED) is 0.753. The van der Waals surface area contributed by atoms with Gasteiger partial charge in [0, 0.05) is 18.7 Å². The summed E-state index contributed by atoms with van der Waals surface area (Å²) in [6.07, 6.45) is 2.12. The molecule has 1 aliphatic carbocycles. The molecule has 2 aromatic rings. The molecular weight excluding hydrogens is 390 g/mol. The van der Waals surface area contributed by atoms with E-state index in [1.54, 1.807) is 12.1 Å². The molecule has 2 amide bonds. The summed E-state index contributed by atoms with van der Waals surface area (Å²) in [7, 11) is -3.84. The Bertz CT molecular complexity index is 1020. The smallest absolute Gasteiger partial charge is 0.251 e. The van der Waals surface area contributed by atoms with Crippen molar-refractivity contribution in [1.82, 2.24) is 14.9 Å². The minimum atomic E-state index is -3.84. The van der Waals surface area contributed by atoms with Gasteiger partial charge in [0.25, 0.3) is 5.91 Å². The highest BCUT2D eigenvalue weighted by Gasteiger charge is 2.34. The first-order valence-electron chi connectivity index (χ1n) is 9.68. The number of nitrogens with one attached hydrogen (secondary N) is 2. The second-order valence-corrected chi connectivity index (χ2v) is 9.35. The SMILES string of the molecule is O=C1CN(S(=O)(=O)c2cccc(C(=O)N[C@H](c3ccccc3)C3CC3)c2)CCN1. The van der Waals surface area contributed by atoms with Gasteiger partial charge < -0.3 is 10.6 Å². The molecule has 0 aromatic heterocycles. The van der Waals surface area contributed by atoms with Crippen LogP contribution in [0, 0.1) is 5.92 Å². The van der Waals surface area contributed by atoms with Crippen LogP contribution in [0.25, 0.3) is 0 Å². The molecule has 7 nitrogen and oxygen atoms in total. The third-order valence-corrected chi connectivity index (χ3v) is 7.12. The number of carbonyl (C=O) groups is 2. The molecule has 1 heterocycles. The van der Waals surface area contributed by atoms with Gasteiger partial charge >= 0.3 is 0 Å². The second kappa shape index (κ2) is 7.96. The first-order chi connectivity index (χ1) is 13.9. The molecule has 0 radical (unpaired) electrons. The molecule has 8 heteroatoms. The zero-order valence-corrected chi connectivity index (χ0v) is 16.7. The van der Waals surface area contributed by atoms with Gasteiger partial charge in [0.05, 0.1) is 17.5 Å². The predicted octanol–water partition coefficient (Wildman–Crippen LogP) is 1.69. The maximum atomic E-state index is 12.9. The summed E-state index contributed by atoms with van der Waals surface area (Å²) in [6.45, 7) is 0.275. The van der Waals surface area contributed by atoms with Gasteiger partial charge in [-0.3, -0.25) is 9.59 Å². The van der Waals surface area contributed by atoms with Crippen LogP contribution in [0.15, 0.2) is 59.5 Å². The van der Waals surface area contributed by atoms with E-state index >= 15 is 0 Å². The minimum Gasteiger partial charge on any atom is -0.354 e. The van der Waals surface area contributed by atoms with Crippen molar-refractivity contribution in [3.63, 3.8) is 0 Å². The number of rotatable bonds is 6. The van der Waals surface area contributed by atoms with E-state index in [9.17, 15) is 18.0 Å².